The maximum atomic E-state index is 11.0. The van der Waals surface area contributed by atoms with Crippen molar-refractivity contribution in [3.63, 3.8) is 0 Å². The van der Waals surface area contributed by atoms with Crippen LogP contribution in [0.1, 0.15) is 30.3 Å². The number of hydrogen-bond donors (Lipinski definition) is 2. The normalized spacial score (nSPS) is 18.6. The van der Waals surface area contributed by atoms with Gasteiger partial charge in [0, 0.05) is 31.2 Å². The monoisotopic (exact) mass is 421 g/mol. The molecule has 2 N–H and O–H groups in total. The van der Waals surface area contributed by atoms with Crippen molar-refractivity contribution in [2.24, 2.45) is 5.92 Å². The van der Waals surface area contributed by atoms with Gasteiger partial charge in [0.2, 0.25) is 0 Å². The van der Waals surface area contributed by atoms with Gasteiger partial charge in [0.25, 0.3) is 0 Å². The van der Waals surface area contributed by atoms with Crippen LogP contribution >= 0.6 is 0 Å². The molecule has 31 heavy (non-hydrogen) atoms. The highest BCUT2D eigenvalue weighted by Crippen LogP contribution is 2.30. The number of rotatable bonds is 9. The van der Waals surface area contributed by atoms with E-state index in [9.17, 15) is 5.11 Å². The van der Waals surface area contributed by atoms with Gasteiger partial charge in [-0.3, -0.25) is 4.98 Å². The van der Waals surface area contributed by atoms with E-state index in [1.807, 2.05) is 42.5 Å². The summed E-state index contributed by atoms with van der Waals surface area (Å²) >= 11 is 0. The van der Waals surface area contributed by atoms with Crippen LogP contribution in [0.2, 0.25) is 0 Å². The molecule has 4 rings (SSSR count). The number of aliphatic hydroxyl groups is 1. The zero-order valence-electron chi connectivity index (χ0n) is 18.0. The zero-order chi connectivity index (χ0) is 21.5. The lowest BCUT2D eigenvalue weighted by molar-refractivity contribution is 0.0851. The van der Waals surface area contributed by atoms with Gasteiger partial charge in [0.1, 0.15) is 17.0 Å². The molecule has 0 radical (unpaired) electrons. The fraction of sp³-hybridized carbons (Fsp3) is 0.400. The Kier molecular flexibility index (Phi) is 7.35. The van der Waals surface area contributed by atoms with Crippen molar-refractivity contribution in [3.8, 4) is 5.75 Å². The first kappa shape index (κ1) is 21.6. The summed E-state index contributed by atoms with van der Waals surface area (Å²) in [5, 5.41) is 15.5. The highest BCUT2D eigenvalue weighted by molar-refractivity contribution is 5.87. The number of benzene rings is 1. The Hall–Kier alpha value is -2.67. The van der Waals surface area contributed by atoms with Crippen LogP contribution in [0.25, 0.3) is 17.0 Å². The molecule has 0 spiro atoms. The van der Waals surface area contributed by atoms with Crippen LogP contribution in [-0.4, -0.2) is 54.8 Å². The number of nitrogens with zero attached hydrogens (tertiary/aromatic N) is 2. The number of para-hydroxylation sites is 1. The molecule has 2 aromatic heterocycles. The third kappa shape index (κ3) is 5.53. The molecule has 2 atom stereocenters. The Morgan fingerprint density at radius 2 is 2.26 bits per heavy atom. The third-order valence-electron chi connectivity index (χ3n) is 5.90. The van der Waals surface area contributed by atoms with Gasteiger partial charge in [0.15, 0.2) is 0 Å². The van der Waals surface area contributed by atoms with Crippen LogP contribution < -0.4 is 10.1 Å². The maximum Gasteiger partial charge on any atom is 0.145 e. The van der Waals surface area contributed by atoms with Crippen molar-refractivity contribution in [1.29, 1.82) is 0 Å². The number of pyridine rings is 1. The fourth-order valence-corrected chi connectivity index (χ4v) is 4.38. The quantitative estimate of drug-likeness (QED) is 0.511. The van der Waals surface area contributed by atoms with Gasteiger partial charge >= 0.3 is 0 Å². The zero-order valence-corrected chi connectivity index (χ0v) is 18.0. The highest BCUT2D eigenvalue weighted by atomic mass is 16.5. The number of fused-ring (bicyclic) bond motifs is 1. The first-order valence-corrected chi connectivity index (χ1v) is 11.0. The molecule has 164 valence electrons. The molecule has 3 aromatic rings. The van der Waals surface area contributed by atoms with E-state index in [1.54, 1.807) is 19.6 Å². The number of β-amino-alcohol motifs (C(OH)–C–C–N with tert-alkyl or cyclic N) is 1. The Labute approximate surface area is 183 Å². The summed E-state index contributed by atoms with van der Waals surface area (Å²) in [5.41, 5.74) is 1.71. The number of piperidine rings is 1. The summed E-state index contributed by atoms with van der Waals surface area (Å²) < 4.78 is 10.7. The number of hydrogen-bond acceptors (Lipinski definition) is 6. The first-order valence-electron chi connectivity index (χ1n) is 11.0. The Balaban J connectivity index is 1.30. The second-order valence-electron chi connectivity index (χ2n) is 8.12. The summed E-state index contributed by atoms with van der Waals surface area (Å²) in [6, 6.07) is 11.6. The molecule has 0 bridgehead atoms. The van der Waals surface area contributed by atoms with E-state index in [4.69, 9.17) is 9.15 Å². The Morgan fingerprint density at radius 3 is 3.10 bits per heavy atom. The average molecular weight is 422 g/mol. The Bertz CT molecular complexity index is 987. The predicted molar refractivity (Wildman–Crippen MR) is 123 cm³/mol. The van der Waals surface area contributed by atoms with E-state index in [-0.39, 0.29) is 0 Å². The van der Waals surface area contributed by atoms with Gasteiger partial charge in [-0.25, -0.2) is 0 Å². The second-order valence-corrected chi connectivity index (χ2v) is 8.12. The van der Waals surface area contributed by atoms with Gasteiger partial charge in [-0.1, -0.05) is 18.2 Å². The van der Waals surface area contributed by atoms with Crippen molar-refractivity contribution < 1.29 is 14.3 Å². The summed E-state index contributed by atoms with van der Waals surface area (Å²) in [6.07, 6.45) is 9.34. The van der Waals surface area contributed by atoms with E-state index in [2.05, 4.69) is 21.3 Å². The number of methoxy groups -OCH3 is 1. The van der Waals surface area contributed by atoms with Crippen LogP contribution in [0, 0.1) is 5.92 Å². The molecule has 1 aliphatic heterocycles. The standard InChI is InChI=1S/C25H31N3O3/c1-30-24-10-2-9-22-21(11-13-27-25(22)24)23(29)18-28-14-4-6-19(17-28)16-26-12-3-7-20-8-5-15-31-20/h2-3,5,7-11,13,15,19,23,26,29H,4,6,12,14,16-18H2,1H3. The predicted octanol–water partition coefficient (Wildman–Crippen LogP) is 3.88. The molecule has 0 saturated carbocycles. The summed E-state index contributed by atoms with van der Waals surface area (Å²) in [4.78, 5) is 6.83. The molecule has 1 aliphatic rings. The van der Waals surface area contributed by atoms with Crippen molar-refractivity contribution in [3.05, 3.63) is 66.3 Å². The van der Waals surface area contributed by atoms with Crippen molar-refractivity contribution in [1.82, 2.24) is 15.2 Å². The lowest BCUT2D eigenvalue weighted by atomic mass is 9.96. The van der Waals surface area contributed by atoms with E-state index in [1.165, 1.54) is 6.42 Å². The SMILES string of the molecule is COc1cccc2c(C(O)CN3CCCC(CNCC=Cc4ccco4)C3)ccnc12. The largest absolute Gasteiger partial charge is 0.494 e. The molecule has 2 unspecified atom stereocenters. The van der Waals surface area contributed by atoms with Crippen LogP contribution in [0.3, 0.4) is 0 Å². The fourth-order valence-electron chi connectivity index (χ4n) is 4.38. The lowest BCUT2D eigenvalue weighted by Crippen LogP contribution is -2.41. The minimum atomic E-state index is -0.555. The minimum Gasteiger partial charge on any atom is -0.494 e. The molecule has 0 amide bonds. The number of aromatic nitrogens is 1. The average Bonchev–Trinajstić information content (AvgIpc) is 3.32. The summed E-state index contributed by atoms with van der Waals surface area (Å²) in [7, 11) is 1.65. The second kappa shape index (κ2) is 10.6. The molecule has 1 fully saturated rings. The molecule has 6 heteroatoms. The molecule has 3 heterocycles. The third-order valence-corrected chi connectivity index (χ3v) is 5.90. The van der Waals surface area contributed by atoms with E-state index in [0.717, 1.165) is 60.6 Å². The smallest absolute Gasteiger partial charge is 0.145 e. The topological polar surface area (TPSA) is 70.8 Å². The highest BCUT2D eigenvalue weighted by Gasteiger charge is 2.23. The first-order chi connectivity index (χ1) is 15.2. The lowest BCUT2D eigenvalue weighted by Gasteiger charge is -2.34. The summed E-state index contributed by atoms with van der Waals surface area (Å²) in [6.45, 7) is 4.46. The summed E-state index contributed by atoms with van der Waals surface area (Å²) in [5.74, 6) is 2.20. The van der Waals surface area contributed by atoms with Crippen LogP contribution in [0.4, 0.5) is 0 Å². The Morgan fingerprint density at radius 1 is 1.32 bits per heavy atom. The number of ether oxygens (including phenoxy) is 1. The van der Waals surface area contributed by atoms with Gasteiger partial charge < -0.3 is 24.5 Å². The van der Waals surface area contributed by atoms with Crippen LogP contribution in [0.5, 0.6) is 5.75 Å². The molecule has 6 nitrogen and oxygen atoms in total. The van der Waals surface area contributed by atoms with Crippen molar-refractivity contribution >= 4 is 17.0 Å². The van der Waals surface area contributed by atoms with E-state index >= 15 is 0 Å². The van der Waals surface area contributed by atoms with E-state index in [0.29, 0.717) is 12.5 Å². The van der Waals surface area contributed by atoms with Gasteiger partial charge in [-0.2, -0.15) is 0 Å². The molecule has 0 aliphatic carbocycles. The maximum absolute atomic E-state index is 11.0. The van der Waals surface area contributed by atoms with Gasteiger partial charge in [0.05, 0.1) is 19.5 Å². The van der Waals surface area contributed by atoms with Crippen molar-refractivity contribution in [2.75, 3.05) is 39.8 Å². The van der Waals surface area contributed by atoms with Gasteiger partial charge in [-0.15, -0.1) is 0 Å². The van der Waals surface area contributed by atoms with Crippen LogP contribution in [-0.2, 0) is 0 Å². The molecule has 1 aromatic carbocycles. The molecular weight excluding hydrogens is 390 g/mol. The van der Waals surface area contributed by atoms with Crippen molar-refractivity contribution in [2.45, 2.75) is 18.9 Å². The number of nitrogens with one attached hydrogen (secondary N) is 1. The van der Waals surface area contributed by atoms with Crippen LogP contribution in [0.15, 0.2) is 59.4 Å². The van der Waals surface area contributed by atoms with E-state index < -0.39 is 6.10 Å². The number of likely N-dealkylation sites (tertiary alicyclic amines) is 1. The number of furan rings is 1. The molecule has 1 saturated heterocycles. The molecular formula is C25H31N3O3. The minimum absolute atomic E-state index is 0.555. The van der Waals surface area contributed by atoms with Gasteiger partial charge in [-0.05, 0) is 67.8 Å². The number of aliphatic hydroxyl groups excluding tert-OH is 1.